The number of amides is 2. The van der Waals surface area contributed by atoms with Gasteiger partial charge in [0.25, 0.3) is 0 Å². The van der Waals surface area contributed by atoms with Gasteiger partial charge in [0.1, 0.15) is 11.8 Å². The highest BCUT2D eigenvalue weighted by atomic mass is 35.5. The molecule has 1 fully saturated rings. The van der Waals surface area contributed by atoms with Crippen LogP contribution in [0.1, 0.15) is 51.0 Å². The van der Waals surface area contributed by atoms with Crippen LogP contribution in [0.15, 0.2) is 54.6 Å². The Kier molecular flexibility index (Phi) is 8.77. The van der Waals surface area contributed by atoms with E-state index in [9.17, 15) is 9.59 Å². The molecule has 31 heavy (non-hydrogen) atoms. The lowest BCUT2D eigenvalue weighted by molar-refractivity contribution is -0.141. The number of hydrogen-bond acceptors (Lipinski definition) is 3. The van der Waals surface area contributed by atoms with Crippen molar-refractivity contribution in [3.63, 3.8) is 0 Å². The van der Waals surface area contributed by atoms with Crippen LogP contribution >= 0.6 is 11.6 Å². The van der Waals surface area contributed by atoms with E-state index >= 15 is 0 Å². The van der Waals surface area contributed by atoms with E-state index in [4.69, 9.17) is 16.3 Å². The third-order valence-electron chi connectivity index (χ3n) is 5.68. The van der Waals surface area contributed by atoms with E-state index in [0.717, 1.165) is 37.0 Å². The zero-order chi connectivity index (χ0) is 22.1. The quantitative estimate of drug-likeness (QED) is 0.528. The van der Waals surface area contributed by atoms with Gasteiger partial charge in [-0.15, -0.1) is 0 Å². The highest BCUT2D eigenvalue weighted by Gasteiger charge is 2.28. The standard InChI is InChI=1S/C25H31ClN2O3/c1-19(25(30)27-22-10-5-6-11-22)28(18-20-8-3-2-4-9-20)24(29)12-7-17-31-23-15-13-21(26)14-16-23/h2-4,8-9,13-16,19,22H,5-7,10-12,17-18H2,1H3,(H,27,30)/t19-/m0/s1. The minimum absolute atomic E-state index is 0.0439. The van der Waals surface area contributed by atoms with E-state index < -0.39 is 6.04 Å². The second kappa shape index (κ2) is 11.8. The number of halogens is 1. The van der Waals surface area contributed by atoms with Gasteiger partial charge in [0.15, 0.2) is 0 Å². The first kappa shape index (κ1) is 23.1. The fourth-order valence-electron chi connectivity index (χ4n) is 3.84. The van der Waals surface area contributed by atoms with E-state index in [1.807, 2.05) is 37.3 Å². The zero-order valence-corrected chi connectivity index (χ0v) is 18.8. The van der Waals surface area contributed by atoms with Gasteiger partial charge >= 0.3 is 0 Å². The van der Waals surface area contributed by atoms with Gasteiger partial charge in [-0.05, 0) is 56.0 Å². The van der Waals surface area contributed by atoms with Gasteiger partial charge in [-0.3, -0.25) is 9.59 Å². The number of carbonyl (C=O) groups is 2. The van der Waals surface area contributed by atoms with Crippen molar-refractivity contribution in [1.29, 1.82) is 0 Å². The van der Waals surface area contributed by atoms with Crippen LogP contribution in [0.5, 0.6) is 5.75 Å². The molecule has 2 amide bonds. The molecular formula is C25H31ClN2O3. The molecule has 1 saturated carbocycles. The van der Waals surface area contributed by atoms with Crippen molar-refractivity contribution in [2.45, 2.75) is 64.1 Å². The van der Waals surface area contributed by atoms with Crippen LogP contribution in [-0.2, 0) is 16.1 Å². The molecule has 0 unspecified atom stereocenters. The summed E-state index contributed by atoms with van der Waals surface area (Å²) in [6, 6.07) is 16.7. The highest BCUT2D eigenvalue weighted by Crippen LogP contribution is 2.19. The van der Waals surface area contributed by atoms with Crippen LogP contribution in [-0.4, -0.2) is 35.4 Å². The van der Waals surface area contributed by atoms with Crippen LogP contribution in [0.2, 0.25) is 5.02 Å². The molecule has 0 aliphatic heterocycles. The van der Waals surface area contributed by atoms with Crippen LogP contribution in [0.25, 0.3) is 0 Å². The minimum atomic E-state index is -0.523. The summed E-state index contributed by atoms with van der Waals surface area (Å²) in [5.41, 5.74) is 1.01. The van der Waals surface area contributed by atoms with Gasteiger partial charge in [0.05, 0.1) is 6.61 Å². The van der Waals surface area contributed by atoms with Crippen LogP contribution in [0.4, 0.5) is 0 Å². The van der Waals surface area contributed by atoms with E-state index in [2.05, 4.69) is 5.32 Å². The maximum Gasteiger partial charge on any atom is 0.242 e. The summed E-state index contributed by atoms with van der Waals surface area (Å²) in [6.45, 7) is 2.65. The average Bonchev–Trinajstić information content (AvgIpc) is 3.29. The van der Waals surface area contributed by atoms with Crippen molar-refractivity contribution in [3.05, 3.63) is 65.2 Å². The molecule has 0 bridgehead atoms. The Morgan fingerprint density at radius 3 is 2.45 bits per heavy atom. The summed E-state index contributed by atoms with van der Waals surface area (Å²) >= 11 is 5.89. The molecule has 1 aliphatic rings. The normalized spacial score (nSPS) is 14.8. The lowest BCUT2D eigenvalue weighted by atomic mass is 10.1. The van der Waals surface area contributed by atoms with Crippen molar-refractivity contribution in [2.24, 2.45) is 0 Å². The molecule has 2 aromatic carbocycles. The molecule has 3 rings (SSSR count). The summed E-state index contributed by atoms with van der Waals surface area (Å²) in [7, 11) is 0. The third kappa shape index (κ3) is 7.28. The number of carbonyl (C=O) groups excluding carboxylic acids is 2. The molecule has 1 aliphatic carbocycles. The molecule has 1 atom stereocenters. The van der Waals surface area contributed by atoms with Gasteiger partial charge < -0.3 is 15.0 Å². The van der Waals surface area contributed by atoms with Crippen molar-refractivity contribution < 1.29 is 14.3 Å². The van der Waals surface area contributed by atoms with Crippen molar-refractivity contribution in [3.8, 4) is 5.75 Å². The highest BCUT2D eigenvalue weighted by molar-refractivity contribution is 6.30. The van der Waals surface area contributed by atoms with Gasteiger partial charge in [-0.1, -0.05) is 54.8 Å². The summed E-state index contributed by atoms with van der Waals surface area (Å²) in [5, 5.41) is 3.78. The smallest absolute Gasteiger partial charge is 0.242 e. The first-order valence-electron chi connectivity index (χ1n) is 11.0. The second-order valence-corrected chi connectivity index (χ2v) is 8.52. The molecule has 2 aromatic rings. The van der Waals surface area contributed by atoms with Gasteiger partial charge in [-0.2, -0.15) is 0 Å². The van der Waals surface area contributed by atoms with E-state index in [1.54, 1.807) is 29.2 Å². The third-order valence-corrected chi connectivity index (χ3v) is 5.93. The second-order valence-electron chi connectivity index (χ2n) is 8.08. The SMILES string of the molecule is C[C@@H](C(=O)NC1CCCC1)N(Cc1ccccc1)C(=O)CCCOc1ccc(Cl)cc1. The molecule has 0 spiro atoms. The van der Waals surface area contributed by atoms with Crippen molar-refractivity contribution >= 4 is 23.4 Å². The summed E-state index contributed by atoms with van der Waals surface area (Å²) < 4.78 is 5.70. The summed E-state index contributed by atoms with van der Waals surface area (Å²) in [6.07, 6.45) is 5.24. The number of hydrogen-bond donors (Lipinski definition) is 1. The zero-order valence-electron chi connectivity index (χ0n) is 18.1. The van der Waals surface area contributed by atoms with Crippen molar-refractivity contribution in [2.75, 3.05) is 6.61 Å². The topological polar surface area (TPSA) is 58.6 Å². The van der Waals surface area contributed by atoms with E-state index in [-0.39, 0.29) is 17.9 Å². The van der Waals surface area contributed by atoms with Crippen LogP contribution in [0.3, 0.4) is 0 Å². The van der Waals surface area contributed by atoms with Crippen LogP contribution < -0.4 is 10.1 Å². The molecule has 5 nitrogen and oxygen atoms in total. The number of ether oxygens (including phenoxy) is 1. The lowest BCUT2D eigenvalue weighted by Gasteiger charge is -2.30. The molecular weight excluding hydrogens is 412 g/mol. The summed E-state index contributed by atoms with van der Waals surface area (Å²) in [5.74, 6) is 0.605. The van der Waals surface area contributed by atoms with E-state index in [1.165, 1.54) is 0 Å². The van der Waals surface area contributed by atoms with Gasteiger partial charge in [0.2, 0.25) is 11.8 Å². The molecule has 0 heterocycles. The molecule has 1 N–H and O–H groups in total. The Morgan fingerprint density at radius 1 is 1.10 bits per heavy atom. The maximum atomic E-state index is 13.1. The van der Waals surface area contributed by atoms with Crippen molar-refractivity contribution in [1.82, 2.24) is 10.2 Å². The number of nitrogens with one attached hydrogen (secondary N) is 1. The minimum Gasteiger partial charge on any atom is -0.494 e. The predicted molar refractivity (Wildman–Crippen MR) is 123 cm³/mol. The van der Waals surface area contributed by atoms with E-state index in [0.29, 0.717) is 31.0 Å². The average molecular weight is 443 g/mol. The monoisotopic (exact) mass is 442 g/mol. The Bertz CT molecular complexity index is 836. The first-order chi connectivity index (χ1) is 15.0. The largest absolute Gasteiger partial charge is 0.494 e. The lowest BCUT2D eigenvalue weighted by Crippen LogP contribution is -2.49. The molecule has 0 radical (unpaired) electrons. The maximum absolute atomic E-state index is 13.1. The number of benzene rings is 2. The molecule has 166 valence electrons. The first-order valence-corrected chi connectivity index (χ1v) is 11.4. The Labute approximate surface area is 189 Å². The fourth-order valence-corrected chi connectivity index (χ4v) is 3.97. The Balaban J connectivity index is 1.56. The molecule has 0 aromatic heterocycles. The Hall–Kier alpha value is -2.53. The number of nitrogens with zero attached hydrogens (tertiary/aromatic N) is 1. The summed E-state index contributed by atoms with van der Waals surface area (Å²) in [4.78, 5) is 27.6. The fraction of sp³-hybridized carbons (Fsp3) is 0.440. The van der Waals surface area contributed by atoms with Gasteiger partial charge in [-0.25, -0.2) is 0 Å². The Morgan fingerprint density at radius 2 is 1.77 bits per heavy atom. The van der Waals surface area contributed by atoms with Crippen LogP contribution in [0, 0.1) is 0 Å². The number of rotatable bonds is 10. The molecule has 6 heteroatoms. The predicted octanol–water partition coefficient (Wildman–Crippen LogP) is 4.98. The van der Waals surface area contributed by atoms with Gasteiger partial charge in [0, 0.05) is 24.0 Å². The molecule has 0 saturated heterocycles.